The molecule has 0 aliphatic carbocycles. The Morgan fingerprint density at radius 1 is 1.48 bits per heavy atom. The first-order valence-electron chi connectivity index (χ1n) is 6.87. The van der Waals surface area contributed by atoms with Gasteiger partial charge in [-0.3, -0.25) is 4.79 Å². The van der Waals surface area contributed by atoms with Crippen LogP contribution >= 0.6 is 11.8 Å². The van der Waals surface area contributed by atoms with E-state index in [0.717, 1.165) is 23.2 Å². The lowest BCUT2D eigenvalue weighted by Crippen LogP contribution is -2.40. The van der Waals surface area contributed by atoms with Gasteiger partial charge in [0.1, 0.15) is 11.6 Å². The maximum absolute atomic E-state index is 12.5. The number of fused-ring (bicyclic) bond motifs is 1. The molecule has 0 fully saturated rings. The Hall–Kier alpha value is -1.76. The average Bonchev–Trinajstić information content (AvgIpc) is 3.06. The highest BCUT2D eigenvalue weighted by atomic mass is 32.2. The summed E-state index contributed by atoms with van der Waals surface area (Å²) < 4.78 is 7.70. The van der Waals surface area contributed by atoms with Crippen molar-refractivity contribution in [3.63, 3.8) is 0 Å². The van der Waals surface area contributed by atoms with E-state index in [2.05, 4.69) is 21.7 Å². The molecule has 0 saturated heterocycles. The number of amides is 1. The van der Waals surface area contributed by atoms with E-state index in [9.17, 15) is 4.79 Å². The van der Waals surface area contributed by atoms with Gasteiger partial charge in [0.25, 0.3) is 5.91 Å². The van der Waals surface area contributed by atoms with Gasteiger partial charge in [-0.05, 0) is 32.2 Å². The Labute approximate surface area is 127 Å². The predicted octanol–water partition coefficient (Wildman–Crippen LogP) is 2.26. The Bertz CT molecular complexity index is 664. The molecule has 1 aliphatic heterocycles. The van der Waals surface area contributed by atoms with Crippen LogP contribution in [0.3, 0.4) is 0 Å². The quantitative estimate of drug-likeness (QED) is 0.870. The average molecular weight is 306 g/mol. The van der Waals surface area contributed by atoms with Crippen molar-refractivity contribution in [2.45, 2.75) is 32.2 Å². The molecule has 1 aliphatic rings. The topological polar surface area (TPSA) is 64.2 Å². The molecule has 3 rings (SSSR count). The second kappa shape index (κ2) is 5.55. The van der Waals surface area contributed by atoms with Crippen LogP contribution in [0, 0.1) is 6.92 Å². The van der Waals surface area contributed by atoms with Gasteiger partial charge in [0.2, 0.25) is 0 Å². The second-order valence-electron chi connectivity index (χ2n) is 5.27. The highest BCUT2D eigenvalue weighted by Gasteiger charge is 2.29. The van der Waals surface area contributed by atoms with Crippen molar-refractivity contribution in [1.29, 1.82) is 0 Å². The van der Waals surface area contributed by atoms with Crippen molar-refractivity contribution in [3.05, 3.63) is 35.3 Å². The zero-order valence-electron chi connectivity index (χ0n) is 12.4. The third-order valence-corrected chi connectivity index (χ3v) is 4.21. The van der Waals surface area contributed by atoms with Crippen LogP contribution in [0.4, 0.5) is 0 Å². The van der Waals surface area contributed by atoms with Crippen molar-refractivity contribution >= 4 is 17.7 Å². The van der Waals surface area contributed by atoms with Gasteiger partial charge < -0.3 is 13.9 Å². The van der Waals surface area contributed by atoms with Gasteiger partial charge in [0, 0.05) is 6.54 Å². The molecule has 0 aromatic carbocycles. The summed E-state index contributed by atoms with van der Waals surface area (Å²) in [5.74, 6) is 3.64. The van der Waals surface area contributed by atoms with Gasteiger partial charge in [-0.25, -0.2) is 0 Å². The molecule has 0 N–H and O–H groups in total. The summed E-state index contributed by atoms with van der Waals surface area (Å²) in [6, 6.07) is 3.79. The Balaban J connectivity index is 1.80. The molecule has 1 unspecified atom stereocenters. The first-order valence-corrected chi connectivity index (χ1v) is 8.27. The maximum Gasteiger partial charge on any atom is 0.290 e. The van der Waals surface area contributed by atoms with E-state index in [-0.39, 0.29) is 11.9 Å². The third kappa shape index (κ3) is 2.57. The zero-order chi connectivity index (χ0) is 15.0. The van der Waals surface area contributed by atoms with Gasteiger partial charge in [0.05, 0.1) is 18.3 Å². The number of hydrogen-bond acceptors (Lipinski definition) is 5. The number of thioether (sulfide) groups is 1. The molecular weight excluding hydrogens is 288 g/mol. The molecule has 1 atom stereocenters. The summed E-state index contributed by atoms with van der Waals surface area (Å²) in [5.41, 5.74) is 0. The van der Waals surface area contributed by atoms with Crippen LogP contribution < -0.4 is 0 Å². The van der Waals surface area contributed by atoms with Crippen LogP contribution in [0.15, 0.2) is 16.5 Å². The lowest BCUT2D eigenvalue weighted by atomic mass is 10.2. The number of rotatable bonds is 3. The summed E-state index contributed by atoms with van der Waals surface area (Å²) in [4.78, 5) is 14.3. The van der Waals surface area contributed by atoms with Crippen LogP contribution in [-0.4, -0.2) is 38.4 Å². The van der Waals surface area contributed by atoms with E-state index in [0.29, 0.717) is 18.8 Å². The number of aromatic nitrogens is 3. The molecule has 6 nitrogen and oxygen atoms in total. The fourth-order valence-corrected chi connectivity index (χ4v) is 3.19. The molecule has 2 aromatic heterocycles. The number of carbonyl (C=O) groups excluding carboxylic acids is 1. The molecule has 0 saturated carbocycles. The minimum atomic E-state index is -0.0823. The summed E-state index contributed by atoms with van der Waals surface area (Å²) >= 11 is 1.67. The Morgan fingerprint density at radius 2 is 2.29 bits per heavy atom. The summed E-state index contributed by atoms with van der Waals surface area (Å²) in [7, 11) is 0. The summed E-state index contributed by atoms with van der Waals surface area (Å²) in [6.45, 7) is 5.12. The largest absolute Gasteiger partial charge is 0.455 e. The number of aryl methyl sites for hydroxylation is 1. The minimum absolute atomic E-state index is 0.0823. The monoisotopic (exact) mass is 306 g/mol. The molecule has 0 radical (unpaired) electrons. The first-order chi connectivity index (χ1) is 10.1. The van der Waals surface area contributed by atoms with Crippen molar-refractivity contribution < 1.29 is 9.21 Å². The predicted molar refractivity (Wildman–Crippen MR) is 80.1 cm³/mol. The second-order valence-corrected chi connectivity index (χ2v) is 6.13. The van der Waals surface area contributed by atoms with Crippen LogP contribution in [0.25, 0.3) is 0 Å². The molecule has 2 aromatic rings. The van der Waals surface area contributed by atoms with E-state index in [1.807, 2.05) is 19.2 Å². The maximum atomic E-state index is 12.5. The number of furan rings is 1. The van der Waals surface area contributed by atoms with E-state index in [1.54, 1.807) is 22.7 Å². The normalized spacial score (nSPS) is 17.9. The van der Waals surface area contributed by atoms with E-state index in [1.165, 1.54) is 0 Å². The van der Waals surface area contributed by atoms with Crippen LogP contribution in [0.5, 0.6) is 0 Å². The minimum Gasteiger partial charge on any atom is -0.455 e. The molecule has 7 heteroatoms. The highest BCUT2D eigenvalue weighted by molar-refractivity contribution is 7.97. The molecule has 0 spiro atoms. The molecule has 0 bridgehead atoms. The molecular formula is C14H18N4O2S. The van der Waals surface area contributed by atoms with Crippen molar-refractivity contribution in [2.24, 2.45) is 0 Å². The smallest absolute Gasteiger partial charge is 0.290 e. The van der Waals surface area contributed by atoms with Gasteiger partial charge in [-0.2, -0.15) is 11.8 Å². The van der Waals surface area contributed by atoms with E-state index >= 15 is 0 Å². The van der Waals surface area contributed by atoms with Gasteiger partial charge in [-0.15, -0.1) is 10.2 Å². The van der Waals surface area contributed by atoms with Gasteiger partial charge in [0.15, 0.2) is 11.6 Å². The Kier molecular flexibility index (Phi) is 3.75. The Morgan fingerprint density at radius 3 is 3.05 bits per heavy atom. The first kappa shape index (κ1) is 14.2. The number of nitrogens with zero attached hydrogens (tertiary/aromatic N) is 4. The summed E-state index contributed by atoms with van der Waals surface area (Å²) in [5, 5.41) is 8.25. The summed E-state index contributed by atoms with van der Waals surface area (Å²) in [6.07, 6.45) is 2.01. The molecule has 112 valence electrons. The van der Waals surface area contributed by atoms with Crippen LogP contribution in [-0.2, 0) is 12.3 Å². The van der Waals surface area contributed by atoms with Crippen LogP contribution in [0.2, 0.25) is 0 Å². The van der Waals surface area contributed by atoms with Crippen molar-refractivity contribution in [3.8, 4) is 0 Å². The number of carbonyl (C=O) groups is 1. The fraction of sp³-hybridized carbons (Fsp3) is 0.500. The van der Waals surface area contributed by atoms with E-state index < -0.39 is 0 Å². The molecule has 3 heterocycles. The zero-order valence-corrected chi connectivity index (χ0v) is 13.2. The SMILES string of the molecule is CSCc1ccc(C(=O)N2Cc3nnc(C)n3C(C)C2)o1. The highest BCUT2D eigenvalue weighted by Crippen LogP contribution is 2.23. The van der Waals surface area contributed by atoms with E-state index in [4.69, 9.17) is 4.42 Å². The van der Waals surface area contributed by atoms with Crippen molar-refractivity contribution in [1.82, 2.24) is 19.7 Å². The van der Waals surface area contributed by atoms with Crippen LogP contribution in [0.1, 0.15) is 40.9 Å². The van der Waals surface area contributed by atoms with Gasteiger partial charge >= 0.3 is 0 Å². The lowest BCUT2D eigenvalue weighted by molar-refractivity contribution is 0.0646. The fourth-order valence-electron chi connectivity index (χ4n) is 2.75. The van der Waals surface area contributed by atoms with Crippen molar-refractivity contribution in [2.75, 3.05) is 12.8 Å². The number of hydrogen-bond donors (Lipinski definition) is 0. The molecule has 1 amide bonds. The standard InChI is InChI=1S/C14H18N4O2S/c1-9-6-17(7-13-16-15-10(2)18(9)13)14(19)12-5-4-11(20-12)8-21-3/h4-5,9H,6-8H2,1-3H3. The van der Waals surface area contributed by atoms with Gasteiger partial charge in [-0.1, -0.05) is 0 Å². The third-order valence-electron chi connectivity index (χ3n) is 3.64. The lowest BCUT2D eigenvalue weighted by Gasteiger charge is -2.31. The molecule has 21 heavy (non-hydrogen) atoms.